The summed E-state index contributed by atoms with van der Waals surface area (Å²) in [6.45, 7) is 1.96. The van der Waals surface area contributed by atoms with Crippen LogP contribution in [0.1, 0.15) is 31.2 Å². The van der Waals surface area contributed by atoms with Gasteiger partial charge in [0.15, 0.2) is 0 Å². The van der Waals surface area contributed by atoms with E-state index >= 15 is 0 Å². The largest absolute Gasteiger partial charge is 0.299 e. The van der Waals surface area contributed by atoms with E-state index in [4.69, 9.17) is 11.6 Å². The average molecular weight is 251 g/mol. The lowest BCUT2D eigenvalue weighted by molar-refractivity contribution is -0.118. The van der Waals surface area contributed by atoms with Crippen LogP contribution in [0.25, 0.3) is 0 Å². The molecule has 0 radical (unpaired) electrons. The maximum Gasteiger partial charge on any atom is 0.138 e. The van der Waals surface area contributed by atoms with Crippen molar-refractivity contribution in [1.29, 1.82) is 0 Å². The second-order valence-electron chi connectivity index (χ2n) is 4.32. The van der Waals surface area contributed by atoms with Gasteiger partial charge in [-0.1, -0.05) is 17.7 Å². The zero-order valence-corrected chi connectivity index (χ0v) is 10.5. The van der Waals surface area contributed by atoms with E-state index in [1.54, 1.807) is 0 Å². The molecular formula is C13H15ClN2O. The van der Waals surface area contributed by atoms with Crippen LogP contribution in [0.3, 0.4) is 0 Å². The number of halogens is 1. The average Bonchev–Trinajstić information content (AvgIpc) is 2.31. The second kappa shape index (κ2) is 5.32. The summed E-state index contributed by atoms with van der Waals surface area (Å²) < 4.78 is 0. The first-order valence-electron chi connectivity index (χ1n) is 5.74. The lowest BCUT2D eigenvalue weighted by Crippen LogP contribution is -2.15. The van der Waals surface area contributed by atoms with E-state index in [9.17, 15) is 4.79 Å². The van der Waals surface area contributed by atoms with E-state index in [0.717, 1.165) is 34.8 Å². The lowest BCUT2D eigenvalue weighted by Gasteiger charge is -2.12. The molecule has 2 rings (SSSR count). The first-order chi connectivity index (χ1) is 8.15. The molecule has 17 heavy (non-hydrogen) atoms. The summed E-state index contributed by atoms with van der Waals surface area (Å²) in [5, 5.41) is 4.98. The number of hydrogen-bond acceptors (Lipinski definition) is 3. The minimum Gasteiger partial charge on any atom is -0.299 e. The molecule has 1 aliphatic rings. The Labute approximate surface area is 106 Å². The van der Waals surface area contributed by atoms with Crippen LogP contribution in [0.2, 0.25) is 5.02 Å². The predicted octanol–water partition coefficient (Wildman–Crippen LogP) is 3.56. The van der Waals surface area contributed by atoms with Crippen LogP contribution in [-0.2, 0) is 4.79 Å². The number of aryl methyl sites for hydroxylation is 1. The number of nitrogens with one attached hydrogen (secondary N) is 1. The molecule has 1 aliphatic carbocycles. The molecule has 1 aromatic carbocycles. The minimum atomic E-state index is 0.277. The second-order valence-corrected chi connectivity index (χ2v) is 4.73. The number of benzene rings is 1. The molecule has 1 N–H and O–H groups in total. The van der Waals surface area contributed by atoms with E-state index in [1.807, 2.05) is 25.1 Å². The molecule has 0 amide bonds. The number of carbonyl (C=O) groups is 1. The minimum absolute atomic E-state index is 0.277. The third-order valence-electron chi connectivity index (χ3n) is 2.84. The fraction of sp³-hybridized carbons (Fsp3) is 0.385. The Bertz CT molecular complexity index is 468. The molecule has 1 saturated carbocycles. The standard InChI is InChI=1S/C13H15ClN2O/c1-9-5-6-11(8-13(9)14)16-15-10-3-2-4-12(17)7-10/h5-6,8,16H,2-4,7H2,1H3/b15-10+. The van der Waals surface area contributed by atoms with Gasteiger partial charge in [0, 0.05) is 23.6 Å². The fourth-order valence-corrected chi connectivity index (χ4v) is 1.98. The van der Waals surface area contributed by atoms with Crippen LogP contribution in [-0.4, -0.2) is 11.5 Å². The summed E-state index contributed by atoms with van der Waals surface area (Å²) in [5.41, 5.74) is 5.78. The number of hydrazone groups is 1. The highest BCUT2D eigenvalue weighted by atomic mass is 35.5. The molecule has 0 aliphatic heterocycles. The summed E-state index contributed by atoms with van der Waals surface area (Å²) >= 11 is 6.02. The molecule has 0 aromatic heterocycles. The summed E-state index contributed by atoms with van der Waals surface area (Å²) in [6, 6.07) is 5.71. The summed E-state index contributed by atoms with van der Waals surface area (Å²) in [7, 11) is 0. The van der Waals surface area contributed by atoms with E-state index in [0.29, 0.717) is 12.8 Å². The Morgan fingerprint density at radius 1 is 1.35 bits per heavy atom. The number of hydrogen-bond donors (Lipinski definition) is 1. The van der Waals surface area contributed by atoms with Crippen molar-refractivity contribution >= 4 is 28.8 Å². The van der Waals surface area contributed by atoms with E-state index in [-0.39, 0.29) is 5.78 Å². The number of nitrogens with zero attached hydrogens (tertiary/aromatic N) is 1. The normalized spacial score (nSPS) is 18.5. The van der Waals surface area contributed by atoms with Crippen molar-refractivity contribution in [2.45, 2.75) is 32.6 Å². The van der Waals surface area contributed by atoms with Gasteiger partial charge >= 0.3 is 0 Å². The van der Waals surface area contributed by atoms with Crippen molar-refractivity contribution in [2.24, 2.45) is 5.10 Å². The Balaban J connectivity index is 2.03. The van der Waals surface area contributed by atoms with Crippen LogP contribution in [0.4, 0.5) is 5.69 Å². The number of anilines is 1. The number of rotatable bonds is 2. The maximum absolute atomic E-state index is 11.3. The SMILES string of the molecule is Cc1ccc(N/N=C2\CCCC(=O)C2)cc1Cl. The van der Waals surface area contributed by atoms with Gasteiger partial charge < -0.3 is 0 Å². The molecular weight excluding hydrogens is 236 g/mol. The molecule has 0 atom stereocenters. The van der Waals surface area contributed by atoms with Crippen LogP contribution < -0.4 is 5.43 Å². The van der Waals surface area contributed by atoms with Crippen molar-refractivity contribution in [3.8, 4) is 0 Å². The third kappa shape index (κ3) is 3.30. The Morgan fingerprint density at radius 3 is 2.88 bits per heavy atom. The van der Waals surface area contributed by atoms with Crippen LogP contribution in [0.15, 0.2) is 23.3 Å². The van der Waals surface area contributed by atoms with Gasteiger partial charge in [-0.3, -0.25) is 10.2 Å². The lowest BCUT2D eigenvalue weighted by atomic mass is 9.97. The zero-order chi connectivity index (χ0) is 12.3. The topological polar surface area (TPSA) is 41.5 Å². The van der Waals surface area contributed by atoms with Crippen molar-refractivity contribution < 1.29 is 4.79 Å². The predicted molar refractivity (Wildman–Crippen MR) is 70.7 cm³/mol. The highest BCUT2D eigenvalue weighted by molar-refractivity contribution is 6.31. The Kier molecular flexibility index (Phi) is 3.79. The molecule has 0 heterocycles. The smallest absolute Gasteiger partial charge is 0.138 e. The van der Waals surface area contributed by atoms with Gasteiger partial charge in [0.2, 0.25) is 0 Å². The summed E-state index contributed by atoms with van der Waals surface area (Å²) in [6.07, 6.45) is 2.98. The van der Waals surface area contributed by atoms with Gasteiger partial charge in [-0.05, 0) is 37.5 Å². The maximum atomic E-state index is 11.3. The summed E-state index contributed by atoms with van der Waals surface area (Å²) in [4.78, 5) is 11.3. The number of ketones is 1. The van der Waals surface area contributed by atoms with Crippen molar-refractivity contribution in [1.82, 2.24) is 0 Å². The van der Waals surface area contributed by atoms with E-state index in [2.05, 4.69) is 10.5 Å². The van der Waals surface area contributed by atoms with Crippen LogP contribution in [0, 0.1) is 6.92 Å². The first kappa shape index (κ1) is 12.1. The van der Waals surface area contributed by atoms with Crippen LogP contribution in [0.5, 0.6) is 0 Å². The quantitative estimate of drug-likeness (QED) is 0.816. The summed E-state index contributed by atoms with van der Waals surface area (Å²) in [5.74, 6) is 0.277. The first-order valence-corrected chi connectivity index (χ1v) is 6.12. The molecule has 90 valence electrons. The molecule has 4 heteroatoms. The molecule has 0 unspecified atom stereocenters. The number of carbonyl (C=O) groups excluding carboxylic acids is 1. The van der Waals surface area contributed by atoms with Crippen molar-refractivity contribution in [3.63, 3.8) is 0 Å². The molecule has 1 fully saturated rings. The Morgan fingerprint density at radius 2 is 2.18 bits per heavy atom. The van der Waals surface area contributed by atoms with Gasteiger partial charge in [0.25, 0.3) is 0 Å². The number of Topliss-reactive ketones (excluding diaryl/α,β-unsaturated/α-hetero) is 1. The highest BCUT2D eigenvalue weighted by Gasteiger charge is 2.14. The monoisotopic (exact) mass is 250 g/mol. The van der Waals surface area contributed by atoms with Crippen molar-refractivity contribution in [2.75, 3.05) is 5.43 Å². The van der Waals surface area contributed by atoms with E-state index < -0.39 is 0 Å². The van der Waals surface area contributed by atoms with Gasteiger partial charge in [-0.2, -0.15) is 5.10 Å². The van der Waals surface area contributed by atoms with E-state index in [1.165, 1.54) is 0 Å². The highest BCUT2D eigenvalue weighted by Crippen LogP contribution is 2.20. The van der Waals surface area contributed by atoms with Crippen molar-refractivity contribution in [3.05, 3.63) is 28.8 Å². The third-order valence-corrected chi connectivity index (χ3v) is 3.24. The molecule has 3 nitrogen and oxygen atoms in total. The van der Waals surface area contributed by atoms with Gasteiger partial charge in [0.05, 0.1) is 5.69 Å². The Hall–Kier alpha value is -1.35. The zero-order valence-electron chi connectivity index (χ0n) is 9.79. The molecule has 0 saturated heterocycles. The van der Waals surface area contributed by atoms with Gasteiger partial charge in [-0.25, -0.2) is 0 Å². The molecule has 0 bridgehead atoms. The molecule has 1 aromatic rings. The van der Waals surface area contributed by atoms with Gasteiger partial charge in [-0.15, -0.1) is 0 Å². The van der Waals surface area contributed by atoms with Gasteiger partial charge in [0.1, 0.15) is 5.78 Å². The fourth-order valence-electron chi connectivity index (χ4n) is 1.80. The molecule has 0 spiro atoms. The van der Waals surface area contributed by atoms with Crippen LogP contribution >= 0.6 is 11.6 Å².